The first-order chi connectivity index (χ1) is 8.24. The Bertz CT molecular complexity index is 673. The molecule has 2 aromatic heterocycles. The lowest BCUT2D eigenvalue weighted by molar-refractivity contribution is 1.04. The zero-order chi connectivity index (χ0) is 11.8. The SMILES string of the molecule is Cc1ccc(-n2cnc3cnc(I)nc32)cc1. The van der Waals surface area contributed by atoms with Crippen molar-refractivity contribution in [3.8, 4) is 5.69 Å². The van der Waals surface area contributed by atoms with Gasteiger partial charge in [0.25, 0.3) is 0 Å². The van der Waals surface area contributed by atoms with Crippen LogP contribution in [-0.2, 0) is 0 Å². The molecule has 5 heteroatoms. The van der Waals surface area contributed by atoms with E-state index in [0.29, 0.717) is 0 Å². The molecule has 0 unspecified atom stereocenters. The first kappa shape index (κ1) is 10.6. The molecular weight excluding hydrogens is 327 g/mol. The summed E-state index contributed by atoms with van der Waals surface area (Å²) in [6.07, 6.45) is 3.52. The molecule has 2 heterocycles. The number of benzene rings is 1. The van der Waals surface area contributed by atoms with Gasteiger partial charge < -0.3 is 0 Å². The second-order valence-electron chi connectivity index (χ2n) is 3.80. The lowest BCUT2D eigenvalue weighted by Gasteiger charge is -2.03. The molecule has 0 bridgehead atoms. The Balaban J connectivity index is 2.23. The number of imidazole rings is 1. The van der Waals surface area contributed by atoms with Crippen molar-refractivity contribution >= 4 is 33.8 Å². The van der Waals surface area contributed by atoms with E-state index in [4.69, 9.17) is 0 Å². The van der Waals surface area contributed by atoms with E-state index >= 15 is 0 Å². The zero-order valence-corrected chi connectivity index (χ0v) is 11.3. The summed E-state index contributed by atoms with van der Waals surface area (Å²) < 4.78 is 2.70. The van der Waals surface area contributed by atoms with Crippen LogP contribution in [0.4, 0.5) is 0 Å². The zero-order valence-electron chi connectivity index (χ0n) is 9.13. The Morgan fingerprint density at radius 2 is 1.88 bits per heavy atom. The molecule has 84 valence electrons. The predicted molar refractivity (Wildman–Crippen MR) is 74.1 cm³/mol. The number of rotatable bonds is 1. The molecule has 0 fully saturated rings. The van der Waals surface area contributed by atoms with Crippen LogP contribution in [0.1, 0.15) is 5.56 Å². The maximum Gasteiger partial charge on any atom is 0.192 e. The summed E-state index contributed by atoms with van der Waals surface area (Å²) in [6.45, 7) is 2.07. The van der Waals surface area contributed by atoms with Crippen molar-refractivity contribution in [2.75, 3.05) is 0 Å². The highest BCUT2D eigenvalue weighted by atomic mass is 127. The monoisotopic (exact) mass is 336 g/mol. The maximum absolute atomic E-state index is 4.41. The number of nitrogens with zero attached hydrogens (tertiary/aromatic N) is 4. The average Bonchev–Trinajstić information content (AvgIpc) is 2.73. The van der Waals surface area contributed by atoms with Gasteiger partial charge >= 0.3 is 0 Å². The van der Waals surface area contributed by atoms with Gasteiger partial charge in [0.2, 0.25) is 0 Å². The molecular formula is C12H9IN4. The molecule has 0 saturated carbocycles. The van der Waals surface area contributed by atoms with Crippen LogP contribution in [0.25, 0.3) is 16.9 Å². The van der Waals surface area contributed by atoms with Crippen molar-refractivity contribution in [1.29, 1.82) is 0 Å². The van der Waals surface area contributed by atoms with Crippen LogP contribution in [0.3, 0.4) is 0 Å². The number of fused-ring (bicyclic) bond motifs is 1. The number of halogens is 1. The third-order valence-electron chi connectivity index (χ3n) is 2.57. The number of hydrogen-bond donors (Lipinski definition) is 0. The topological polar surface area (TPSA) is 43.6 Å². The number of hydrogen-bond acceptors (Lipinski definition) is 3. The van der Waals surface area contributed by atoms with Crippen LogP contribution in [0.15, 0.2) is 36.8 Å². The summed E-state index contributed by atoms with van der Waals surface area (Å²) >= 11 is 2.10. The van der Waals surface area contributed by atoms with Crippen molar-refractivity contribution in [3.05, 3.63) is 46.2 Å². The van der Waals surface area contributed by atoms with Crippen LogP contribution in [0.2, 0.25) is 0 Å². The van der Waals surface area contributed by atoms with Crippen LogP contribution >= 0.6 is 22.6 Å². The minimum atomic E-state index is 0.726. The average molecular weight is 336 g/mol. The van der Waals surface area contributed by atoms with Gasteiger partial charge in [-0.05, 0) is 19.1 Å². The van der Waals surface area contributed by atoms with E-state index in [2.05, 4.69) is 68.7 Å². The van der Waals surface area contributed by atoms with E-state index in [1.165, 1.54) is 5.56 Å². The first-order valence-corrected chi connectivity index (χ1v) is 6.24. The fourth-order valence-corrected chi connectivity index (χ4v) is 2.05. The van der Waals surface area contributed by atoms with Crippen molar-refractivity contribution < 1.29 is 0 Å². The quantitative estimate of drug-likeness (QED) is 0.507. The molecule has 0 aliphatic heterocycles. The minimum Gasteiger partial charge on any atom is -0.283 e. The molecule has 0 spiro atoms. The second kappa shape index (κ2) is 4.06. The molecule has 0 radical (unpaired) electrons. The van der Waals surface area contributed by atoms with Crippen LogP contribution in [-0.4, -0.2) is 19.5 Å². The van der Waals surface area contributed by atoms with E-state index in [1.807, 2.05) is 4.57 Å². The molecule has 0 aliphatic rings. The third kappa shape index (κ3) is 1.90. The summed E-state index contributed by atoms with van der Waals surface area (Å²) in [5, 5.41) is 0. The Morgan fingerprint density at radius 1 is 1.12 bits per heavy atom. The van der Waals surface area contributed by atoms with Gasteiger partial charge in [0.05, 0.1) is 6.20 Å². The van der Waals surface area contributed by atoms with Crippen LogP contribution < -0.4 is 0 Å². The van der Waals surface area contributed by atoms with E-state index in [0.717, 1.165) is 20.7 Å². The van der Waals surface area contributed by atoms with Gasteiger partial charge in [0.1, 0.15) is 11.8 Å². The van der Waals surface area contributed by atoms with Crippen molar-refractivity contribution in [2.45, 2.75) is 6.92 Å². The number of aryl methyl sites for hydroxylation is 1. The summed E-state index contributed by atoms with van der Waals surface area (Å²) in [5.41, 5.74) is 3.95. The third-order valence-corrected chi connectivity index (χ3v) is 3.09. The molecule has 4 nitrogen and oxygen atoms in total. The van der Waals surface area contributed by atoms with Gasteiger partial charge in [-0.15, -0.1) is 0 Å². The van der Waals surface area contributed by atoms with E-state index in [-0.39, 0.29) is 0 Å². The molecule has 0 atom stereocenters. The molecule has 0 aliphatic carbocycles. The molecule has 3 rings (SSSR count). The summed E-state index contributed by atoms with van der Waals surface area (Å²) in [6, 6.07) is 8.28. The van der Waals surface area contributed by atoms with Crippen LogP contribution in [0.5, 0.6) is 0 Å². The highest BCUT2D eigenvalue weighted by Crippen LogP contribution is 2.16. The highest BCUT2D eigenvalue weighted by molar-refractivity contribution is 14.1. The fourth-order valence-electron chi connectivity index (χ4n) is 1.68. The van der Waals surface area contributed by atoms with Crippen LogP contribution in [0, 0.1) is 10.8 Å². The summed E-state index contributed by atoms with van der Waals surface area (Å²) in [5.74, 6) is 0. The van der Waals surface area contributed by atoms with Gasteiger partial charge in [0, 0.05) is 28.3 Å². The van der Waals surface area contributed by atoms with Gasteiger partial charge in [-0.25, -0.2) is 15.0 Å². The number of aromatic nitrogens is 4. The minimum absolute atomic E-state index is 0.726. The van der Waals surface area contributed by atoms with Crippen molar-refractivity contribution in [1.82, 2.24) is 19.5 Å². The van der Waals surface area contributed by atoms with Crippen molar-refractivity contribution in [2.24, 2.45) is 0 Å². The maximum atomic E-state index is 4.41. The van der Waals surface area contributed by atoms with Gasteiger partial charge in [-0.3, -0.25) is 4.57 Å². The van der Waals surface area contributed by atoms with Crippen molar-refractivity contribution in [3.63, 3.8) is 0 Å². The lowest BCUT2D eigenvalue weighted by Crippen LogP contribution is -1.95. The Morgan fingerprint density at radius 3 is 2.65 bits per heavy atom. The lowest BCUT2D eigenvalue weighted by atomic mass is 10.2. The van der Waals surface area contributed by atoms with Gasteiger partial charge in [0.15, 0.2) is 9.48 Å². The first-order valence-electron chi connectivity index (χ1n) is 5.17. The normalized spacial score (nSPS) is 10.9. The Labute approximate surface area is 112 Å². The molecule has 17 heavy (non-hydrogen) atoms. The second-order valence-corrected chi connectivity index (χ2v) is 4.76. The molecule has 1 aromatic carbocycles. The predicted octanol–water partition coefficient (Wildman–Crippen LogP) is 2.73. The molecule has 0 N–H and O–H groups in total. The van der Waals surface area contributed by atoms with Gasteiger partial charge in [-0.2, -0.15) is 0 Å². The Hall–Kier alpha value is -1.50. The molecule has 3 aromatic rings. The standard InChI is InChI=1S/C12H9IN4/c1-8-2-4-9(5-3-8)17-7-15-10-6-14-12(13)16-11(10)17/h2-7H,1H3. The fraction of sp³-hybridized carbons (Fsp3) is 0.0833. The van der Waals surface area contributed by atoms with Gasteiger partial charge in [-0.1, -0.05) is 17.7 Å². The highest BCUT2D eigenvalue weighted by Gasteiger charge is 2.06. The largest absolute Gasteiger partial charge is 0.283 e. The van der Waals surface area contributed by atoms with E-state index < -0.39 is 0 Å². The Kier molecular flexibility index (Phi) is 2.54. The smallest absolute Gasteiger partial charge is 0.192 e. The summed E-state index contributed by atoms with van der Waals surface area (Å²) in [7, 11) is 0. The summed E-state index contributed by atoms with van der Waals surface area (Å²) in [4.78, 5) is 12.8. The molecule has 0 saturated heterocycles. The molecule has 0 amide bonds. The van der Waals surface area contributed by atoms with E-state index in [1.54, 1.807) is 12.5 Å². The van der Waals surface area contributed by atoms with E-state index in [9.17, 15) is 0 Å².